The Morgan fingerprint density at radius 2 is 1.85 bits per heavy atom. The molecule has 1 amide bonds. The van der Waals surface area contributed by atoms with Crippen LogP contribution >= 0.6 is 0 Å². The first-order valence-corrected chi connectivity index (χ1v) is 6.48. The second-order valence-electron chi connectivity index (χ2n) is 4.38. The zero-order valence-corrected chi connectivity index (χ0v) is 11.4. The SMILES string of the molecule is COc1ccc(NC(=O)c2ccccc2CCN)cc1. The zero-order valence-electron chi connectivity index (χ0n) is 11.4. The maximum absolute atomic E-state index is 12.3. The average molecular weight is 270 g/mol. The third-order valence-electron chi connectivity index (χ3n) is 3.02. The molecular weight excluding hydrogens is 252 g/mol. The van der Waals surface area contributed by atoms with Gasteiger partial charge < -0.3 is 15.8 Å². The van der Waals surface area contributed by atoms with Crippen molar-refractivity contribution in [3.63, 3.8) is 0 Å². The first kappa shape index (κ1) is 14.1. The first-order valence-electron chi connectivity index (χ1n) is 6.48. The van der Waals surface area contributed by atoms with Crippen LogP contribution in [-0.4, -0.2) is 19.6 Å². The Morgan fingerprint density at radius 1 is 1.15 bits per heavy atom. The minimum Gasteiger partial charge on any atom is -0.497 e. The molecule has 0 atom stereocenters. The van der Waals surface area contributed by atoms with Gasteiger partial charge in [-0.1, -0.05) is 18.2 Å². The molecule has 0 aliphatic rings. The van der Waals surface area contributed by atoms with Crippen molar-refractivity contribution < 1.29 is 9.53 Å². The number of hydrogen-bond acceptors (Lipinski definition) is 3. The summed E-state index contributed by atoms with van der Waals surface area (Å²) in [5.74, 6) is 0.630. The number of amides is 1. The van der Waals surface area contributed by atoms with Crippen LogP contribution < -0.4 is 15.8 Å². The molecule has 0 heterocycles. The van der Waals surface area contributed by atoms with Crippen molar-refractivity contribution in [2.45, 2.75) is 6.42 Å². The van der Waals surface area contributed by atoms with Gasteiger partial charge in [0.2, 0.25) is 0 Å². The van der Waals surface area contributed by atoms with Crippen LogP contribution in [0.15, 0.2) is 48.5 Å². The van der Waals surface area contributed by atoms with Gasteiger partial charge in [-0.15, -0.1) is 0 Å². The average Bonchev–Trinajstić information content (AvgIpc) is 2.49. The summed E-state index contributed by atoms with van der Waals surface area (Å²) in [6, 6.07) is 14.7. The lowest BCUT2D eigenvalue weighted by atomic mass is 10.0. The fraction of sp³-hybridized carbons (Fsp3) is 0.188. The molecule has 4 heteroatoms. The fourth-order valence-electron chi connectivity index (χ4n) is 1.99. The standard InChI is InChI=1S/C16H18N2O2/c1-20-14-8-6-13(7-9-14)18-16(19)15-5-3-2-4-12(15)10-11-17/h2-9H,10-11,17H2,1H3,(H,18,19). The Hall–Kier alpha value is -2.33. The maximum atomic E-state index is 12.3. The second kappa shape index (κ2) is 6.73. The van der Waals surface area contributed by atoms with E-state index >= 15 is 0 Å². The van der Waals surface area contributed by atoms with Gasteiger partial charge in [0.05, 0.1) is 7.11 Å². The van der Waals surface area contributed by atoms with Crippen LogP contribution in [0.3, 0.4) is 0 Å². The zero-order chi connectivity index (χ0) is 14.4. The maximum Gasteiger partial charge on any atom is 0.255 e. The highest BCUT2D eigenvalue weighted by Crippen LogP contribution is 2.17. The molecule has 4 nitrogen and oxygen atoms in total. The number of nitrogens with two attached hydrogens (primary N) is 1. The summed E-state index contributed by atoms with van der Waals surface area (Å²) in [5, 5.41) is 2.87. The highest BCUT2D eigenvalue weighted by Gasteiger charge is 2.10. The minimum atomic E-state index is -0.126. The van der Waals surface area contributed by atoms with Gasteiger partial charge in [-0.05, 0) is 48.9 Å². The largest absolute Gasteiger partial charge is 0.497 e. The van der Waals surface area contributed by atoms with Crippen molar-refractivity contribution in [1.29, 1.82) is 0 Å². The number of rotatable bonds is 5. The Labute approximate surface area is 118 Å². The van der Waals surface area contributed by atoms with E-state index in [4.69, 9.17) is 10.5 Å². The topological polar surface area (TPSA) is 64.3 Å². The van der Waals surface area contributed by atoms with Crippen molar-refractivity contribution in [3.05, 3.63) is 59.7 Å². The molecule has 2 rings (SSSR count). The van der Waals surface area contributed by atoms with Gasteiger partial charge in [-0.2, -0.15) is 0 Å². The summed E-state index contributed by atoms with van der Waals surface area (Å²) in [5.41, 5.74) is 7.92. The van der Waals surface area contributed by atoms with Gasteiger partial charge in [0.25, 0.3) is 5.91 Å². The third-order valence-corrected chi connectivity index (χ3v) is 3.02. The summed E-state index contributed by atoms with van der Waals surface area (Å²) in [4.78, 5) is 12.3. The summed E-state index contributed by atoms with van der Waals surface area (Å²) in [7, 11) is 1.61. The highest BCUT2D eigenvalue weighted by molar-refractivity contribution is 6.05. The van der Waals surface area contributed by atoms with Gasteiger partial charge in [-0.3, -0.25) is 4.79 Å². The Balaban J connectivity index is 2.15. The number of carbonyl (C=O) groups excluding carboxylic acids is 1. The van der Waals surface area contributed by atoms with E-state index in [1.165, 1.54) is 0 Å². The first-order chi connectivity index (χ1) is 9.74. The van der Waals surface area contributed by atoms with E-state index in [1.54, 1.807) is 19.2 Å². The van der Waals surface area contributed by atoms with Crippen molar-refractivity contribution in [2.75, 3.05) is 19.0 Å². The molecule has 0 bridgehead atoms. The van der Waals surface area contributed by atoms with E-state index in [2.05, 4.69) is 5.32 Å². The Kier molecular flexibility index (Phi) is 4.74. The molecule has 0 aliphatic heterocycles. The normalized spacial score (nSPS) is 10.1. The van der Waals surface area contributed by atoms with Crippen LogP contribution in [0, 0.1) is 0 Å². The molecule has 0 unspecified atom stereocenters. The van der Waals surface area contributed by atoms with E-state index in [0.717, 1.165) is 17.0 Å². The lowest BCUT2D eigenvalue weighted by Gasteiger charge is -2.10. The van der Waals surface area contributed by atoms with Gasteiger partial charge >= 0.3 is 0 Å². The number of hydrogen-bond donors (Lipinski definition) is 2. The number of carbonyl (C=O) groups is 1. The molecule has 0 spiro atoms. The summed E-state index contributed by atoms with van der Waals surface area (Å²) in [6.07, 6.45) is 0.687. The van der Waals surface area contributed by atoms with E-state index in [-0.39, 0.29) is 5.91 Å². The molecular formula is C16H18N2O2. The van der Waals surface area contributed by atoms with Crippen LogP contribution in [0.2, 0.25) is 0 Å². The molecule has 0 saturated heterocycles. The van der Waals surface area contributed by atoms with Gasteiger partial charge in [0.1, 0.15) is 5.75 Å². The van der Waals surface area contributed by atoms with Crippen molar-refractivity contribution in [2.24, 2.45) is 5.73 Å². The number of ether oxygens (including phenoxy) is 1. The lowest BCUT2D eigenvalue weighted by molar-refractivity contribution is 0.102. The predicted molar refractivity (Wildman–Crippen MR) is 80.1 cm³/mol. The molecule has 2 aromatic carbocycles. The monoisotopic (exact) mass is 270 g/mol. The number of methoxy groups -OCH3 is 1. The molecule has 20 heavy (non-hydrogen) atoms. The number of benzene rings is 2. The molecule has 104 valence electrons. The Morgan fingerprint density at radius 3 is 2.50 bits per heavy atom. The van der Waals surface area contributed by atoms with Crippen LogP contribution in [0.4, 0.5) is 5.69 Å². The van der Waals surface area contributed by atoms with E-state index in [9.17, 15) is 4.79 Å². The Bertz CT molecular complexity index is 579. The van der Waals surface area contributed by atoms with Crippen molar-refractivity contribution >= 4 is 11.6 Å². The summed E-state index contributed by atoms with van der Waals surface area (Å²) < 4.78 is 5.08. The smallest absolute Gasteiger partial charge is 0.255 e. The molecule has 0 radical (unpaired) electrons. The van der Waals surface area contributed by atoms with Crippen LogP contribution in [-0.2, 0) is 6.42 Å². The van der Waals surface area contributed by atoms with Crippen LogP contribution in [0.25, 0.3) is 0 Å². The predicted octanol–water partition coefficient (Wildman–Crippen LogP) is 2.45. The third kappa shape index (κ3) is 3.36. The van der Waals surface area contributed by atoms with Crippen molar-refractivity contribution in [1.82, 2.24) is 0 Å². The second-order valence-corrected chi connectivity index (χ2v) is 4.38. The van der Waals surface area contributed by atoms with E-state index < -0.39 is 0 Å². The van der Waals surface area contributed by atoms with Crippen LogP contribution in [0.5, 0.6) is 5.75 Å². The number of anilines is 1. The quantitative estimate of drug-likeness (QED) is 0.877. The summed E-state index contributed by atoms with van der Waals surface area (Å²) in [6.45, 7) is 0.521. The lowest BCUT2D eigenvalue weighted by Crippen LogP contribution is -2.15. The van der Waals surface area contributed by atoms with Crippen molar-refractivity contribution in [3.8, 4) is 5.75 Å². The van der Waals surface area contributed by atoms with E-state index in [0.29, 0.717) is 18.5 Å². The molecule has 0 saturated carbocycles. The minimum absolute atomic E-state index is 0.126. The van der Waals surface area contributed by atoms with Gasteiger partial charge in [-0.25, -0.2) is 0 Å². The van der Waals surface area contributed by atoms with E-state index in [1.807, 2.05) is 36.4 Å². The highest BCUT2D eigenvalue weighted by atomic mass is 16.5. The van der Waals surface area contributed by atoms with Gasteiger partial charge in [0, 0.05) is 11.3 Å². The van der Waals surface area contributed by atoms with Crippen LogP contribution in [0.1, 0.15) is 15.9 Å². The molecule has 2 aromatic rings. The molecule has 3 N–H and O–H groups in total. The number of nitrogens with one attached hydrogen (secondary N) is 1. The molecule has 0 fully saturated rings. The van der Waals surface area contributed by atoms with Gasteiger partial charge in [0.15, 0.2) is 0 Å². The molecule has 0 aliphatic carbocycles. The summed E-state index contributed by atoms with van der Waals surface area (Å²) >= 11 is 0. The fourth-order valence-corrected chi connectivity index (χ4v) is 1.99. The molecule has 0 aromatic heterocycles.